The number of hydrogen-bond acceptors (Lipinski definition) is 2. The standard InChI is InChI=1S/C6H11F2NO2/c1-3(2)6(7,8)4(9)5(10)11/h3-4H,9H2,1-2H3,(H,10,11)/t4-/m0/s1. The van der Waals surface area contributed by atoms with Crippen molar-refractivity contribution < 1.29 is 18.7 Å². The van der Waals surface area contributed by atoms with Gasteiger partial charge in [0.05, 0.1) is 0 Å². The minimum absolute atomic E-state index is 1.06. The second-order valence-electron chi connectivity index (χ2n) is 2.65. The van der Waals surface area contributed by atoms with E-state index in [1.807, 2.05) is 0 Å². The molecular formula is C6H11F2NO2. The largest absolute Gasteiger partial charge is 0.480 e. The van der Waals surface area contributed by atoms with Gasteiger partial charge in [-0.2, -0.15) is 0 Å². The van der Waals surface area contributed by atoms with Gasteiger partial charge in [-0.05, 0) is 0 Å². The molecule has 5 heteroatoms. The van der Waals surface area contributed by atoms with Gasteiger partial charge in [-0.3, -0.25) is 4.79 Å². The molecule has 3 nitrogen and oxygen atoms in total. The van der Waals surface area contributed by atoms with Gasteiger partial charge in [-0.15, -0.1) is 0 Å². The molecule has 0 spiro atoms. The third kappa shape index (κ3) is 2.11. The molecule has 0 rings (SSSR count). The summed E-state index contributed by atoms with van der Waals surface area (Å²) in [6.45, 7) is 2.45. The molecule has 0 aromatic rings. The van der Waals surface area contributed by atoms with Crippen molar-refractivity contribution in [3.63, 3.8) is 0 Å². The molecule has 11 heavy (non-hydrogen) atoms. The van der Waals surface area contributed by atoms with E-state index in [1.54, 1.807) is 0 Å². The molecule has 0 aliphatic rings. The molecule has 0 aromatic carbocycles. The second-order valence-corrected chi connectivity index (χ2v) is 2.65. The van der Waals surface area contributed by atoms with Crippen molar-refractivity contribution in [1.82, 2.24) is 0 Å². The molecule has 0 amide bonds. The van der Waals surface area contributed by atoms with Gasteiger partial charge in [0.15, 0.2) is 6.04 Å². The molecule has 0 aromatic heterocycles. The van der Waals surface area contributed by atoms with E-state index < -0.39 is 23.9 Å². The SMILES string of the molecule is CC(C)C(F)(F)[C@@H](N)C(=O)O. The average Bonchev–Trinajstić information content (AvgIpc) is 1.85. The highest BCUT2D eigenvalue weighted by Crippen LogP contribution is 2.26. The predicted octanol–water partition coefficient (Wildman–Crippen LogP) is 0.690. The van der Waals surface area contributed by atoms with Crippen LogP contribution in [-0.4, -0.2) is 23.0 Å². The molecule has 0 radical (unpaired) electrons. The lowest BCUT2D eigenvalue weighted by molar-refractivity contribution is -0.152. The first-order chi connectivity index (χ1) is 4.80. The van der Waals surface area contributed by atoms with Crippen LogP contribution in [0.1, 0.15) is 13.8 Å². The highest BCUT2D eigenvalue weighted by atomic mass is 19.3. The first kappa shape index (κ1) is 10.3. The van der Waals surface area contributed by atoms with E-state index in [-0.39, 0.29) is 0 Å². The highest BCUT2D eigenvalue weighted by molar-refractivity contribution is 5.74. The molecule has 0 aliphatic carbocycles. The van der Waals surface area contributed by atoms with Crippen LogP contribution in [0.2, 0.25) is 0 Å². The zero-order chi connectivity index (χ0) is 9.23. The maximum absolute atomic E-state index is 12.7. The number of carboxylic acids is 1. The van der Waals surface area contributed by atoms with Crippen molar-refractivity contribution >= 4 is 5.97 Å². The Bertz CT molecular complexity index is 159. The molecule has 0 unspecified atom stereocenters. The first-order valence-electron chi connectivity index (χ1n) is 3.16. The molecule has 0 fully saturated rings. The summed E-state index contributed by atoms with van der Waals surface area (Å²) in [5.41, 5.74) is 4.75. The Balaban J connectivity index is 4.41. The van der Waals surface area contributed by atoms with Gasteiger partial charge < -0.3 is 10.8 Å². The zero-order valence-corrected chi connectivity index (χ0v) is 6.34. The van der Waals surface area contributed by atoms with E-state index in [2.05, 4.69) is 0 Å². The van der Waals surface area contributed by atoms with Crippen LogP contribution in [0.5, 0.6) is 0 Å². The van der Waals surface area contributed by atoms with Crippen molar-refractivity contribution in [1.29, 1.82) is 0 Å². The minimum atomic E-state index is -3.34. The lowest BCUT2D eigenvalue weighted by atomic mass is 9.99. The summed E-state index contributed by atoms with van der Waals surface area (Å²) < 4.78 is 25.4. The first-order valence-corrected chi connectivity index (χ1v) is 3.16. The van der Waals surface area contributed by atoms with Crippen LogP contribution in [0, 0.1) is 5.92 Å². The summed E-state index contributed by atoms with van der Waals surface area (Å²) in [6, 6.07) is -2.11. The fraction of sp³-hybridized carbons (Fsp3) is 0.833. The van der Waals surface area contributed by atoms with E-state index >= 15 is 0 Å². The normalized spacial score (nSPS) is 15.1. The van der Waals surface area contributed by atoms with Crippen molar-refractivity contribution in [3.8, 4) is 0 Å². The summed E-state index contributed by atoms with van der Waals surface area (Å²) >= 11 is 0. The van der Waals surface area contributed by atoms with Gasteiger partial charge in [-0.1, -0.05) is 13.8 Å². The lowest BCUT2D eigenvalue weighted by Gasteiger charge is -2.23. The van der Waals surface area contributed by atoms with Crippen LogP contribution in [0.4, 0.5) is 8.78 Å². The third-order valence-electron chi connectivity index (χ3n) is 1.45. The smallest absolute Gasteiger partial charge is 0.326 e. The van der Waals surface area contributed by atoms with Crippen LogP contribution in [0.25, 0.3) is 0 Å². The van der Waals surface area contributed by atoms with Crippen LogP contribution in [0.3, 0.4) is 0 Å². The molecular weight excluding hydrogens is 156 g/mol. The van der Waals surface area contributed by atoms with E-state index in [9.17, 15) is 13.6 Å². The molecule has 0 aliphatic heterocycles. The van der Waals surface area contributed by atoms with Crippen LogP contribution < -0.4 is 5.73 Å². The number of nitrogens with two attached hydrogens (primary N) is 1. The monoisotopic (exact) mass is 167 g/mol. The number of halogens is 2. The number of aliphatic carboxylic acids is 1. The molecule has 0 heterocycles. The van der Waals surface area contributed by atoms with Crippen LogP contribution in [0.15, 0.2) is 0 Å². The van der Waals surface area contributed by atoms with Crippen molar-refractivity contribution in [2.24, 2.45) is 11.7 Å². The van der Waals surface area contributed by atoms with E-state index in [0.29, 0.717) is 0 Å². The Morgan fingerprint density at radius 1 is 1.55 bits per heavy atom. The summed E-state index contributed by atoms with van der Waals surface area (Å²) in [4.78, 5) is 10.0. The van der Waals surface area contributed by atoms with E-state index in [0.717, 1.165) is 0 Å². The summed E-state index contributed by atoms with van der Waals surface area (Å²) in [6.07, 6.45) is 0. The van der Waals surface area contributed by atoms with Gasteiger partial charge in [0, 0.05) is 5.92 Å². The Kier molecular flexibility index (Phi) is 2.92. The Hall–Kier alpha value is -0.710. The maximum atomic E-state index is 12.7. The third-order valence-corrected chi connectivity index (χ3v) is 1.45. The number of alkyl halides is 2. The van der Waals surface area contributed by atoms with Crippen LogP contribution in [-0.2, 0) is 4.79 Å². The van der Waals surface area contributed by atoms with Crippen molar-refractivity contribution in [2.45, 2.75) is 25.8 Å². The number of rotatable bonds is 3. The van der Waals surface area contributed by atoms with Crippen LogP contribution >= 0.6 is 0 Å². The maximum Gasteiger partial charge on any atom is 0.326 e. The van der Waals surface area contributed by atoms with Gasteiger partial charge in [0.1, 0.15) is 0 Å². The Morgan fingerprint density at radius 3 is 2.00 bits per heavy atom. The number of carboxylic acid groups (broad SMARTS) is 1. The summed E-state index contributed by atoms with van der Waals surface area (Å²) in [5.74, 6) is -6.08. The molecule has 0 bridgehead atoms. The summed E-state index contributed by atoms with van der Waals surface area (Å²) in [7, 11) is 0. The van der Waals surface area contributed by atoms with Gasteiger partial charge in [-0.25, -0.2) is 8.78 Å². The van der Waals surface area contributed by atoms with Gasteiger partial charge >= 0.3 is 5.97 Å². The molecule has 3 N–H and O–H groups in total. The molecule has 0 saturated heterocycles. The Morgan fingerprint density at radius 2 is 1.91 bits per heavy atom. The Labute approximate surface area is 63.2 Å². The number of hydrogen-bond donors (Lipinski definition) is 2. The number of carbonyl (C=O) groups is 1. The predicted molar refractivity (Wildman–Crippen MR) is 35.4 cm³/mol. The summed E-state index contributed by atoms with van der Waals surface area (Å²) in [5, 5.41) is 8.16. The second kappa shape index (κ2) is 3.13. The average molecular weight is 167 g/mol. The van der Waals surface area contributed by atoms with E-state index in [4.69, 9.17) is 10.8 Å². The van der Waals surface area contributed by atoms with Crippen molar-refractivity contribution in [2.75, 3.05) is 0 Å². The topological polar surface area (TPSA) is 63.3 Å². The lowest BCUT2D eigenvalue weighted by Crippen LogP contribution is -2.50. The molecule has 0 saturated carbocycles. The van der Waals surface area contributed by atoms with E-state index in [1.165, 1.54) is 13.8 Å². The fourth-order valence-electron chi connectivity index (χ4n) is 0.524. The quantitative estimate of drug-likeness (QED) is 0.650. The van der Waals surface area contributed by atoms with Gasteiger partial charge in [0.25, 0.3) is 5.92 Å². The minimum Gasteiger partial charge on any atom is -0.480 e. The van der Waals surface area contributed by atoms with Crippen molar-refractivity contribution in [3.05, 3.63) is 0 Å². The molecule has 66 valence electrons. The molecule has 1 atom stereocenters. The highest BCUT2D eigenvalue weighted by Gasteiger charge is 2.44. The van der Waals surface area contributed by atoms with Gasteiger partial charge in [0.2, 0.25) is 0 Å². The fourth-order valence-corrected chi connectivity index (χ4v) is 0.524. The zero-order valence-electron chi connectivity index (χ0n) is 6.34.